The summed E-state index contributed by atoms with van der Waals surface area (Å²) in [5, 5.41) is 0. The molecule has 2 rings (SSSR count). The van der Waals surface area contributed by atoms with E-state index >= 15 is 0 Å². The van der Waals surface area contributed by atoms with Crippen molar-refractivity contribution in [1.29, 1.82) is 0 Å². The monoisotopic (exact) mass is 337 g/mol. The van der Waals surface area contributed by atoms with Crippen molar-refractivity contribution >= 4 is 37.3 Å². The molecule has 3 nitrogen and oxygen atoms in total. The molecule has 1 aliphatic carbocycles. The van der Waals surface area contributed by atoms with E-state index in [1.54, 1.807) is 18.3 Å². The smallest absolute Gasteiger partial charge is 0.211 e. The average molecular weight is 338 g/mol. The molecule has 0 spiro atoms. The van der Waals surface area contributed by atoms with E-state index in [9.17, 15) is 8.42 Å². The van der Waals surface area contributed by atoms with Gasteiger partial charge in [0.15, 0.2) is 0 Å². The van der Waals surface area contributed by atoms with Crippen molar-refractivity contribution in [2.75, 3.05) is 12.3 Å². The lowest BCUT2D eigenvalue weighted by Crippen LogP contribution is -2.45. The molecule has 1 saturated carbocycles. The predicted molar refractivity (Wildman–Crippen MR) is 75.0 cm³/mol. The second-order valence-electron chi connectivity index (χ2n) is 4.46. The van der Waals surface area contributed by atoms with Gasteiger partial charge in [-0.15, -0.1) is 11.3 Å². The Morgan fingerprint density at radius 1 is 1.47 bits per heavy atom. The molecule has 0 aliphatic heterocycles. The topological polar surface area (TPSA) is 46.2 Å². The first-order chi connectivity index (χ1) is 7.97. The zero-order chi connectivity index (χ0) is 12.5. The van der Waals surface area contributed by atoms with Crippen molar-refractivity contribution in [3.8, 4) is 0 Å². The number of hydrogen-bond donors (Lipinski definition) is 1. The van der Waals surface area contributed by atoms with Crippen LogP contribution in [-0.2, 0) is 15.4 Å². The van der Waals surface area contributed by atoms with Crippen molar-refractivity contribution < 1.29 is 8.42 Å². The molecule has 0 atom stereocenters. The van der Waals surface area contributed by atoms with Crippen molar-refractivity contribution in [3.63, 3.8) is 0 Å². The SMILES string of the molecule is CCS(=O)(=O)NCC1(c2ccc(Br)s2)CCC1. The van der Waals surface area contributed by atoms with Crippen LogP contribution in [-0.4, -0.2) is 20.7 Å². The van der Waals surface area contributed by atoms with Gasteiger partial charge in [0, 0.05) is 16.8 Å². The molecule has 6 heteroatoms. The fourth-order valence-electron chi connectivity index (χ4n) is 2.06. The molecule has 1 aromatic heterocycles. The van der Waals surface area contributed by atoms with E-state index in [2.05, 4.69) is 26.7 Å². The van der Waals surface area contributed by atoms with Crippen molar-refractivity contribution in [2.24, 2.45) is 0 Å². The minimum atomic E-state index is -3.09. The van der Waals surface area contributed by atoms with Gasteiger partial charge in [0.05, 0.1) is 9.54 Å². The molecular weight excluding hydrogens is 322 g/mol. The van der Waals surface area contributed by atoms with Gasteiger partial charge in [0.25, 0.3) is 0 Å². The Kier molecular flexibility index (Phi) is 3.97. The van der Waals surface area contributed by atoms with E-state index in [1.165, 1.54) is 11.3 Å². The molecule has 0 unspecified atom stereocenters. The molecule has 0 bridgehead atoms. The highest BCUT2D eigenvalue weighted by molar-refractivity contribution is 9.11. The van der Waals surface area contributed by atoms with Crippen molar-refractivity contribution in [2.45, 2.75) is 31.6 Å². The minimum Gasteiger partial charge on any atom is -0.214 e. The summed E-state index contributed by atoms with van der Waals surface area (Å²) in [5.74, 6) is 0.150. The van der Waals surface area contributed by atoms with Crippen LogP contribution in [0.15, 0.2) is 15.9 Å². The summed E-state index contributed by atoms with van der Waals surface area (Å²) in [4.78, 5) is 1.29. The molecule has 96 valence electrons. The Balaban J connectivity index is 2.11. The number of nitrogens with one attached hydrogen (secondary N) is 1. The average Bonchev–Trinajstić information content (AvgIpc) is 2.64. The van der Waals surface area contributed by atoms with Crippen LogP contribution in [0.2, 0.25) is 0 Å². The Labute approximate surface area is 115 Å². The van der Waals surface area contributed by atoms with Crippen LogP contribution in [0, 0.1) is 0 Å². The van der Waals surface area contributed by atoms with Gasteiger partial charge in [0.1, 0.15) is 0 Å². The lowest BCUT2D eigenvalue weighted by molar-refractivity contribution is 0.251. The van der Waals surface area contributed by atoms with Crippen molar-refractivity contribution in [1.82, 2.24) is 4.72 Å². The maximum Gasteiger partial charge on any atom is 0.211 e. The maximum absolute atomic E-state index is 11.5. The summed E-state index contributed by atoms with van der Waals surface area (Å²) >= 11 is 5.17. The van der Waals surface area contributed by atoms with Gasteiger partial charge in [0.2, 0.25) is 10.0 Å². The van der Waals surface area contributed by atoms with Gasteiger partial charge < -0.3 is 0 Å². The fourth-order valence-corrected chi connectivity index (χ4v) is 4.39. The largest absolute Gasteiger partial charge is 0.214 e. The first-order valence-corrected chi connectivity index (χ1v) is 8.97. The summed E-state index contributed by atoms with van der Waals surface area (Å²) < 4.78 is 26.8. The molecule has 1 heterocycles. The Bertz CT molecular complexity index is 491. The van der Waals surface area contributed by atoms with Crippen LogP contribution < -0.4 is 4.72 Å². The number of rotatable bonds is 5. The molecule has 1 N–H and O–H groups in total. The lowest BCUT2D eigenvalue weighted by atomic mass is 9.68. The predicted octanol–water partition coefficient (Wildman–Crippen LogP) is 2.87. The summed E-state index contributed by atoms with van der Waals surface area (Å²) in [6.07, 6.45) is 3.34. The normalized spacial score (nSPS) is 18.9. The van der Waals surface area contributed by atoms with E-state index in [0.29, 0.717) is 6.54 Å². The standard InChI is InChI=1S/C11H16BrNO2S2/c1-2-17(14,15)13-8-11(6-3-7-11)9-4-5-10(12)16-9/h4-5,13H,2-3,6-8H2,1H3. The highest BCUT2D eigenvalue weighted by atomic mass is 79.9. The highest BCUT2D eigenvalue weighted by Gasteiger charge is 2.40. The van der Waals surface area contributed by atoms with Crippen LogP contribution in [0.1, 0.15) is 31.1 Å². The van der Waals surface area contributed by atoms with Crippen LogP contribution in [0.3, 0.4) is 0 Å². The second kappa shape index (κ2) is 4.99. The molecule has 0 radical (unpaired) electrons. The third-order valence-corrected chi connectivity index (χ3v) is 6.63. The summed E-state index contributed by atoms with van der Waals surface area (Å²) in [6, 6.07) is 4.14. The molecule has 0 aromatic carbocycles. The van der Waals surface area contributed by atoms with E-state index in [1.807, 2.05) is 6.07 Å². The van der Waals surface area contributed by atoms with E-state index in [0.717, 1.165) is 16.6 Å². The number of thiophene rings is 1. The van der Waals surface area contributed by atoms with Gasteiger partial charge in [-0.3, -0.25) is 0 Å². The van der Waals surface area contributed by atoms with Gasteiger partial charge in [-0.2, -0.15) is 0 Å². The van der Waals surface area contributed by atoms with E-state index in [-0.39, 0.29) is 11.2 Å². The fraction of sp³-hybridized carbons (Fsp3) is 0.636. The number of sulfonamides is 1. The zero-order valence-electron chi connectivity index (χ0n) is 9.70. The summed E-state index contributed by atoms with van der Waals surface area (Å²) in [7, 11) is -3.09. The lowest BCUT2D eigenvalue weighted by Gasteiger charge is -2.41. The third kappa shape index (κ3) is 2.92. The number of hydrogen-bond acceptors (Lipinski definition) is 3. The van der Waals surface area contributed by atoms with Gasteiger partial charge in [-0.25, -0.2) is 13.1 Å². The number of halogens is 1. The molecule has 1 aromatic rings. The Morgan fingerprint density at radius 2 is 2.18 bits per heavy atom. The third-order valence-electron chi connectivity index (χ3n) is 3.42. The molecule has 0 saturated heterocycles. The Morgan fingerprint density at radius 3 is 2.59 bits per heavy atom. The van der Waals surface area contributed by atoms with Crippen LogP contribution in [0.5, 0.6) is 0 Å². The van der Waals surface area contributed by atoms with Crippen molar-refractivity contribution in [3.05, 3.63) is 20.8 Å². The van der Waals surface area contributed by atoms with Gasteiger partial charge in [-0.1, -0.05) is 6.42 Å². The highest BCUT2D eigenvalue weighted by Crippen LogP contribution is 2.46. The molecule has 1 fully saturated rings. The second-order valence-corrected chi connectivity index (χ2v) is 9.02. The molecular formula is C11H16BrNO2S2. The summed E-state index contributed by atoms with van der Waals surface area (Å²) in [5.41, 5.74) is 0.0406. The van der Waals surface area contributed by atoms with Gasteiger partial charge in [-0.05, 0) is 47.8 Å². The van der Waals surface area contributed by atoms with Gasteiger partial charge >= 0.3 is 0 Å². The zero-order valence-corrected chi connectivity index (χ0v) is 12.9. The van der Waals surface area contributed by atoms with Crippen LogP contribution >= 0.6 is 27.3 Å². The minimum absolute atomic E-state index is 0.0406. The van der Waals surface area contributed by atoms with Crippen LogP contribution in [0.4, 0.5) is 0 Å². The van der Waals surface area contributed by atoms with E-state index in [4.69, 9.17) is 0 Å². The quantitative estimate of drug-likeness (QED) is 0.897. The first kappa shape index (κ1) is 13.5. The Hall–Kier alpha value is 0.0900. The molecule has 1 aliphatic rings. The molecule has 17 heavy (non-hydrogen) atoms. The molecule has 0 amide bonds. The van der Waals surface area contributed by atoms with E-state index < -0.39 is 10.0 Å². The first-order valence-electron chi connectivity index (χ1n) is 5.71. The summed E-state index contributed by atoms with van der Waals surface area (Å²) in [6.45, 7) is 2.20. The maximum atomic E-state index is 11.5. The van der Waals surface area contributed by atoms with Crippen LogP contribution in [0.25, 0.3) is 0 Å².